The van der Waals surface area contributed by atoms with E-state index >= 15 is 0 Å². The lowest BCUT2D eigenvalue weighted by molar-refractivity contribution is -0.0168. The van der Waals surface area contributed by atoms with Gasteiger partial charge in [0.05, 0.1) is 12.2 Å². The number of nitrogens with one attached hydrogen (secondary N) is 1. The molecule has 0 saturated carbocycles. The van der Waals surface area contributed by atoms with E-state index in [0.717, 1.165) is 0 Å². The normalized spacial score (nSPS) is 11.2. The van der Waals surface area contributed by atoms with Crippen LogP contribution < -0.4 is 10.5 Å². The third-order valence-electron chi connectivity index (χ3n) is 1.87. The molecule has 0 bridgehead atoms. The van der Waals surface area contributed by atoms with Crippen LogP contribution in [0, 0.1) is 5.41 Å². The van der Waals surface area contributed by atoms with Crippen LogP contribution in [0.5, 0.6) is 5.88 Å². The molecule has 94 valence electrons. The van der Waals surface area contributed by atoms with E-state index in [1.54, 1.807) is 18.2 Å². The number of nitrogens with two attached hydrogens (primary N) is 1. The third kappa shape index (κ3) is 5.31. The third-order valence-corrected chi connectivity index (χ3v) is 1.87. The van der Waals surface area contributed by atoms with E-state index in [1.165, 1.54) is 0 Å². The second-order valence-corrected chi connectivity index (χ2v) is 4.58. The van der Waals surface area contributed by atoms with E-state index in [9.17, 15) is 0 Å². The van der Waals surface area contributed by atoms with Gasteiger partial charge in [0.15, 0.2) is 0 Å². The molecule has 0 amide bonds. The lowest BCUT2D eigenvalue weighted by Gasteiger charge is -2.19. The summed E-state index contributed by atoms with van der Waals surface area (Å²) < 4.78 is 10.9. The fourth-order valence-corrected chi connectivity index (χ4v) is 1.14. The summed E-state index contributed by atoms with van der Waals surface area (Å²) in [6.45, 7) is 6.88. The average molecular weight is 237 g/mol. The van der Waals surface area contributed by atoms with Crippen LogP contribution in [-0.2, 0) is 4.74 Å². The Hall–Kier alpha value is -1.62. The highest BCUT2D eigenvalue weighted by atomic mass is 16.5. The quantitative estimate of drug-likeness (QED) is 0.462. The molecular formula is C12H19N3O2. The molecule has 0 fully saturated rings. The molecule has 0 radical (unpaired) electrons. The number of hydrogen-bond donors (Lipinski definition) is 2. The van der Waals surface area contributed by atoms with Crippen molar-refractivity contribution in [3.8, 4) is 5.88 Å². The van der Waals surface area contributed by atoms with E-state index < -0.39 is 0 Å². The predicted molar refractivity (Wildman–Crippen MR) is 66.5 cm³/mol. The van der Waals surface area contributed by atoms with Gasteiger partial charge < -0.3 is 15.2 Å². The minimum absolute atomic E-state index is 0.0682. The van der Waals surface area contributed by atoms with Crippen LogP contribution in [0.3, 0.4) is 0 Å². The maximum absolute atomic E-state index is 7.26. The van der Waals surface area contributed by atoms with Crippen molar-refractivity contribution in [2.24, 2.45) is 5.73 Å². The maximum atomic E-state index is 7.26. The Morgan fingerprint density at radius 3 is 2.65 bits per heavy atom. The van der Waals surface area contributed by atoms with Crippen LogP contribution in [0.2, 0.25) is 0 Å². The fourth-order valence-electron chi connectivity index (χ4n) is 1.14. The van der Waals surface area contributed by atoms with Crippen LogP contribution in [0.25, 0.3) is 0 Å². The highest BCUT2D eigenvalue weighted by molar-refractivity contribution is 5.93. The molecule has 0 unspecified atom stereocenters. The number of ether oxygens (including phenoxy) is 2. The molecule has 0 saturated heterocycles. The Morgan fingerprint density at radius 1 is 1.35 bits per heavy atom. The van der Waals surface area contributed by atoms with Gasteiger partial charge in [-0.25, -0.2) is 4.98 Å². The molecule has 1 aromatic heterocycles. The largest absolute Gasteiger partial charge is 0.475 e. The van der Waals surface area contributed by atoms with Crippen molar-refractivity contribution >= 4 is 5.84 Å². The summed E-state index contributed by atoms with van der Waals surface area (Å²) in [6.07, 6.45) is 0. The van der Waals surface area contributed by atoms with Gasteiger partial charge in [0.2, 0.25) is 5.88 Å². The smallest absolute Gasteiger partial charge is 0.213 e. The topological polar surface area (TPSA) is 81.2 Å². The summed E-state index contributed by atoms with van der Waals surface area (Å²) in [7, 11) is 0. The first kappa shape index (κ1) is 13.4. The van der Waals surface area contributed by atoms with Crippen molar-refractivity contribution in [2.45, 2.75) is 26.4 Å². The Morgan fingerprint density at radius 2 is 2.06 bits per heavy atom. The summed E-state index contributed by atoms with van der Waals surface area (Å²) >= 11 is 0. The van der Waals surface area contributed by atoms with E-state index in [-0.39, 0.29) is 11.4 Å². The molecule has 0 aliphatic heterocycles. The lowest BCUT2D eigenvalue weighted by Crippen LogP contribution is -2.22. The number of rotatable bonds is 5. The molecule has 0 aliphatic rings. The number of nitrogen functional groups attached to an aromatic ring is 1. The molecule has 1 rings (SSSR count). The van der Waals surface area contributed by atoms with Crippen LogP contribution in [0.1, 0.15) is 26.5 Å². The Balaban J connectivity index is 2.42. The number of pyridine rings is 1. The van der Waals surface area contributed by atoms with Gasteiger partial charge in [-0.1, -0.05) is 6.07 Å². The first-order valence-electron chi connectivity index (χ1n) is 5.47. The summed E-state index contributed by atoms with van der Waals surface area (Å²) in [5, 5.41) is 7.26. The molecular weight excluding hydrogens is 218 g/mol. The number of amidine groups is 1. The van der Waals surface area contributed by atoms with Gasteiger partial charge in [-0.05, 0) is 26.8 Å². The molecule has 17 heavy (non-hydrogen) atoms. The van der Waals surface area contributed by atoms with Crippen molar-refractivity contribution in [2.75, 3.05) is 13.2 Å². The van der Waals surface area contributed by atoms with Gasteiger partial charge in [0.25, 0.3) is 0 Å². The number of nitrogens with zero attached hydrogens (tertiary/aromatic N) is 1. The summed E-state index contributed by atoms with van der Waals surface area (Å²) in [6, 6.07) is 5.15. The Bertz CT molecular complexity index is 386. The number of aromatic nitrogens is 1. The van der Waals surface area contributed by atoms with Crippen LogP contribution >= 0.6 is 0 Å². The average Bonchev–Trinajstić information content (AvgIpc) is 2.23. The zero-order valence-electron chi connectivity index (χ0n) is 10.5. The molecule has 1 heterocycles. The van der Waals surface area contributed by atoms with Crippen LogP contribution in [-0.4, -0.2) is 29.6 Å². The standard InChI is InChI=1S/C12H19N3O2/c1-12(2,3)17-8-7-16-10-6-4-5-9(15-10)11(13)14/h4-6H,7-8H2,1-3H3,(H3,13,14). The molecule has 5 nitrogen and oxygen atoms in total. The van der Waals surface area contributed by atoms with Gasteiger partial charge >= 0.3 is 0 Å². The van der Waals surface area contributed by atoms with Gasteiger partial charge in [0, 0.05) is 6.07 Å². The second-order valence-electron chi connectivity index (χ2n) is 4.58. The van der Waals surface area contributed by atoms with Crippen molar-refractivity contribution in [3.05, 3.63) is 23.9 Å². The summed E-state index contributed by atoms with van der Waals surface area (Å²) in [5.74, 6) is 0.386. The first-order valence-corrected chi connectivity index (χ1v) is 5.47. The molecule has 0 atom stereocenters. The van der Waals surface area contributed by atoms with E-state index in [2.05, 4.69) is 4.98 Å². The Kier molecular flexibility index (Phi) is 4.45. The monoisotopic (exact) mass is 237 g/mol. The van der Waals surface area contributed by atoms with E-state index in [0.29, 0.717) is 24.8 Å². The highest BCUT2D eigenvalue weighted by Crippen LogP contribution is 2.09. The van der Waals surface area contributed by atoms with E-state index in [4.69, 9.17) is 20.6 Å². The molecule has 5 heteroatoms. The van der Waals surface area contributed by atoms with Crippen LogP contribution in [0.4, 0.5) is 0 Å². The lowest BCUT2D eigenvalue weighted by atomic mass is 10.2. The van der Waals surface area contributed by atoms with Crippen molar-refractivity contribution < 1.29 is 9.47 Å². The molecule has 3 N–H and O–H groups in total. The Labute approximate surface area is 101 Å². The minimum Gasteiger partial charge on any atom is -0.475 e. The molecule has 0 spiro atoms. The fraction of sp³-hybridized carbons (Fsp3) is 0.500. The predicted octanol–water partition coefficient (Wildman–Crippen LogP) is 1.56. The maximum Gasteiger partial charge on any atom is 0.213 e. The zero-order valence-corrected chi connectivity index (χ0v) is 10.5. The van der Waals surface area contributed by atoms with Crippen molar-refractivity contribution in [1.29, 1.82) is 5.41 Å². The highest BCUT2D eigenvalue weighted by Gasteiger charge is 2.09. The van der Waals surface area contributed by atoms with Gasteiger partial charge in [0.1, 0.15) is 18.1 Å². The minimum atomic E-state index is -0.169. The first-order chi connectivity index (χ1) is 7.88. The van der Waals surface area contributed by atoms with Crippen molar-refractivity contribution in [1.82, 2.24) is 4.98 Å². The van der Waals surface area contributed by atoms with E-state index in [1.807, 2.05) is 20.8 Å². The zero-order chi connectivity index (χ0) is 12.9. The second kappa shape index (κ2) is 5.63. The molecule has 1 aromatic rings. The molecule has 0 aliphatic carbocycles. The summed E-state index contributed by atoms with van der Waals surface area (Å²) in [5.41, 5.74) is 5.58. The van der Waals surface area contributed by atoms with Crippen LogP contribution in [0.15, 0.2) is 18.2 Å². The number of hydrogen-bond acceptors (Lipinski definition) is 4. The van der Waals surface area contributed by atoms with Gasteiger partial charge in [-0.15, -0.1) is 0 Å². The van der Waals surface area contributed by atoms with Gasteiger partial charge in [-0.2, -0.15) is 0 Å². The van der Waals surface area contributed by atoms with Gasteiger partial charge in [-0.3, -0.25) is 5.41 Å². The summed E-state index contributed by atoms with van der Waals surface area (Å²) in [4.78, 5) is 4.08. The molecule has 0 aromatic carbocycles. The van der Waals surface area contributed by atoms with Crippen molar-refractivity contribution in [3.63, 3.8) is 0 Å². The SMILES string of the molecule is CC(C)(C)OCCOc1cccc(C(=N)N)n1.